The van der Waals surface area contributed by atoms with Crippen LogP contribution in [0.25, 0.3) is 5.69 Å². The van der Waals surface area contributed by atoms with E-state index in [9.17, 15) is 4.79 Å². The Kier molecular flexibility index (Phi) is 3.28. The zero-order chi connectivity index (χ0) is 12.4. The molecule has 0 radical (unpaired) electrons. The molecule has 0 spiro atoms. The predicted octanol–water partition coefficient (Wildman–Crippen LogP) is 2.90. The maximum atomic E-state index is 10.8. The van der Waals surface area contributed by atoms with Crippen molar-refractivity contribution >= 4 is 21.9 Å². The molecule has 88 valence electrons. The molecule has 1 aromatic carbocycles. The largest absolute Gasteiger partial charge is 0.476 e. The first-order valence-corrected chi connectivity index (χ1v) is 5.99. The van der Waals surface area contributed by atoms with Gasteiger partial charge in [-0.25, -0.2) is 9.48 Å². The van der Waals surface area contributed by atoms with E-state index in [1.54, 1.807) is 10.9 Å². The van der Waals surface area contributed by atoms with Crippen LogP contribution in [-0.4, -0.2) is 20.9 Å². The van der Waals surface area contributed by atoms with Crippen molar-refractivity contribution in [3.8, 4) is 5.69 Å². The van der Waals surface area contributed by atoms with Gasteiger partial charge in [0.25, 0.3) is 0 Å². The number of hydrogen-bond acceptors (Lipinski definition) is 2. The van der Waals surface area contributed by atoms with Crippen molar-refractivity contribution in [1.29, 1.82) is 0 Å². The Morgan fingerprint density at radius 3 is 2.82 bits per heavy atom. The highest BCUT2D eigenvalue weighted by molar-refractivity contribution is 9.10. The smallest absolute Gasteiger partial charge is 0.356 e. The highest BCUT2D eigenvalue weighted by atomic mass is 79.9. The van der Waals surface area contributed by atoms with Crippen LogP contribution in [0.15, 0.2) is 34.9 Å². The molecule has 1 aromatic heterocycles. The number of benzene rings is 1. The third kappa shape index (κ3) is 2.39. The lowest BCUT2D eigenvalue weighted by Gasteiger charge is -2.08. The molecule has 2 rings (SSSR count). The van der Waals surface area contributed by atoms with Crippen LogP contribution in [0, 0.1) is 0 Å². The van der Waals surface area contributed by atoms with Gasteiger partial charge in [-0.2, -0.15) is 5.10 Å². The van der Waals surface area contributed by atoms with Crippen LogP contribution in [0.3, 0.4) is 0 Å². The van der Waals surface area contributed by atoms with Gasteiger partial charge in [-0.15, -0.1) is 0 Å². The van der Waals surface area contributed by atoms with Crippen LogP contribution in [-0.2, 0) is 6.42 Å². The van der Waals surface area contributed by atoms with Gasteiger partial charge >= 0.3 is 5.97 Å². The van der Waals surface area contributed by atoms with Crippen molar-refractivity contribution in [2.75, 3.05) is 0 Å². The van der Waals surface area contributed by atoms with Crippen molar-refractivity contribution in [3.05, 3.63) is 46.2 Å². The van der Waals surface area contributed by atoms with Crippen molar-refractivity contribution in [1.82, 2.24) is 9.78 Å². The zero-order valence-corrected chi connectivity index (χ0v) is 10.8. The number of hydrogen-bond donors (Lipinski definition) is 1. The summed E-state index contributed by atoms with van der Waals surface area (Å²) in [6.45, 7) is 2.05. The minimum atomic E-state index is -1.01. The van der Waals surface area contributed by atoms with E-state index in [1.165, 1.54) is 6.07 Å². The predicted molar refractivity (Wildman–Crippen MR) is 67.6 cm³/mol. The van der Waals surface area contributed by atoms with Crippen LogP contribution in [0.5, 0.6) is 0 Å². The van der Waals surface area contributed by atoms with Crippen LogP contribution in [0.1, 0.15) is 23.0 Å². The van der Waals surface area contributed by atoms with Crippen molar-refractivity contribution in [3.63, 3.8) is 0 Å². The SMILES string of the molecule is CCc1cc(Br)ccc1-n1ccc(C(=O)O)n1. The second-order valence-electron chi connectivity index (χ2n) is 3.58. The van der Waals surface area contributed by atoms with Crippen molar-refractivity contribution in [2.24, 2.45) is 0 Å². The number of halogens is 1. The highest BCUT2D eigenvalue weighted by Crippen LogP contribution is 2.20. The molecule has 0 aliphatic carbocycles. The number of aromatic carboxylic acids is 1. The third-order valence-electron chi connectivity index (χ3n) is 2.48. The monoisotopic (exact) mass is 294 g/mol. The Morgan fingerprint density at radius 1 is 1.47 bits per heavy atom. The summed E-state index contributed by atoms with van der Waals surface area (Å²) in [5.74, 6) is -1.01. The number of carbonyl (C=O) groups is 1. The maximum absolute atomic E-state index is 10.8. The van der Waals surface area contributed by atoms with E-state index in [1.807, 2.05) is 25.1 Å². The first-order valence-electron chi connectivity index (χ1n) is 5.19. The van der Waals surface area contributed by atoms with Gasteiger partial charge in [0, 0.05) is 10.7 Å². The molecular weight excluding hydrogens is 284 g/mol. The summed E-state index contributed by atoms with van der Waals surface area (Å²) in [5, 5.41) is 12.9. The Balaban J connectivity index is 2.48. The summed E-state index contributed by atoms with van der Waals surface area (Å²) in [6.07, 6.45) is 2.52. The summed E-state index contributed by atoms with van der Waals surface area (Å²) >= 11 is 3.41. The van der Waals surface area contributed by atoms with Crippen LogP contribution in [0.4, 0.5) is 0 Å². The fourth-order valence-corrected chi connectivity index (χ4v) is 2.04. The Morgan fingerprint density at radius 2 is 2.24 bits per heavy atom. The van der Waals surface area contributed by atoms with Crippen LogP contribution < -0.4 is 0 Å². The van der Waals surface area contributed by atoms with Gasteiger partial charge in [0.05, 0.1) is 5.69 Å². The van der Waals surface area contributed by atoms with Gasteiger partial charge < -0.3 is 5.11 Å². The van der Waals surface area contributed by atoms with E-state index >= 15 is 0 Å². The fourth-order valence-electron chi connectivity index (χ4n) is 1.63. The van der Waals surface area contributed by atoms with Gasteiger partial charge in [0.15, 0.2) is 5.69 Å². The number of carboxylic acids is 1. The second-order valence-corrected chi connectivity index (χ2v) is 4.49. The van der Waals surface area contributed by atoms with Gasteiger partial charge in [-0.1, -0.05) is 22.9 Å². The topological polar surface area (TPSA) is 55.1 Å². The van der Waals surface area contributed by atoms with Gasteiger partial charge in [0.2, 0.25) is 0 Å². The molecule has 0 saturated carbocycles. The molecule has 5 heteroatoms. The second kappa shape index (κ2) is 4.71. The average molecular weight is 295 g/mol. The summed E-state index contributed by atoms with van der Waals surface area (Å²) < 4.78 is 2.60. The van der Waals surface area contributed by atoms with Gasteiger partial charge in [-0.05, 0) is 36.2 Å². The zero-order valence-electron chi connectivity index (χ0n) is 9.22. The maximum Gasteiger partial charge on any atom is 0.356 e. The molecule has 2 aromatic rings. The number of carboxylic acid groups (broad SMARTS) is 1. The first kappa shape index (κ1) is 11.9. The first-order chi connectivity index (χ1) is 8.11. The van der Waals surface area contributed by atoms with E-state index < -0.39 is 5.97 Å². The molecule has 0 aliphatic rings. The van der Waals surface area contributed by atoms with E-state index in [-0.39, 0.29) is 5.69 Å². The molecule has 0 atom stereocenters. The highest BCUT2D eigenvalue weighted by Gasteiger charge is 2.10. The molecule has 4 nitrogen and oxygen atoms in total. The number of aryl methyl sites for hydroxylation is 1. The molecular formula is C12H11BrN2O2. The Hall–Kier alpha value is -1.62. The molecule has 0 aliphatic heterocycles. The lowest BCUT2D eigenvalue weighted by atomic mass is 10.1. The van der Waals surface area contributed by atoms with Crippen LogP contribution in [0.2, 0.25) is 0 Å². The van der Waals surface area contributed by atoms with E-state index in [0.29, 0.717) is 0 Å². The van der Waals surface area contributed by atoms with Crippen molar-refractivity contribution < 1.29 is 9.90 Å². The molecule has 1 N–H and O–H groups in total. The summed E-state index contributed by atoms with van der Waals surface area (Å²) in [7, 11) is 0. The molecule has 17 heavy (non-hydrogen) atoms. The quantitative estimate of drug-likeness (QED) is 0.947. The normalized spacial score (nSPS) is 10.5. The third-order valence-corrected chi connectivity index (χ3v) is 2.97. The van der Waals surface area contributed by atoms with E-state index in [2.05, 4.69) is 21.0 Å². The average Bonchev–Trinajstić information content (AvgIpc) is 2.78. The number of nitrogens with zero attached hydrogens (tertiary/aromatic N) is 2. The van der Waals surface area contributed by atoms with Gasteiger partial charge in [0.1, 0.15) is 0 Å². The number of rotatable bonds is 3. The summed E-state index contributed by atoms with van der Waals surface area (Å²) in [5.41, 5.74) is 2.07. The molecule has 0 unspecified atom stereocenters. The minimum Gasteiger partial charge on any atom is -0.476 e. The molecule has 0 amide bonds. The lowest BCUT2D eigenvalue weighted by Crippen LogP contribution is -2.03. The van der Waals surface area contributed by atoms with Crippen molar-refractivity contribution in [2.45, 2.75) is 13.3 Å². The standard InChI is InChI=1S/C12H11BrN2O2/c1-2-8-7-9(13)3-4-11(8)15-6-5-10(14-15)12(16)17/h3-7H,2H2,1H3,(H,16,17). The lowest BCUT2D eigenvalue weighted by molar-refractivity contribution is 0.0690. The minimum absolute atomic E-state index is 0.0509. The molecule has 0 fully saturated rings. The van der Waals surface area contributed by atoms with Crippen LogP contribution >= 0.6 is 15.9 Å². The van der Waals surface area contributed by atoms with E-state index in [4.69, 9.17) is 5.11 Å². The number of aromatic nitrogens is 2. The fraction of sp³-hybridized carbons (Fsp3) is 0.167. The Bertz CT molecular complexity index is 563. The molecule has 0 bridgehead atoms. The molecule has 1 heterocycles. The molecule has 0 saturated heterocycles. The summed E-state index contributed by atoms with van der Waals surface area (Å²) in [6, 6.07) is 7.33. The van der Waals surface area contributed by atoms with E-state index in [0.717, 1.165) is 22.1 Å². The van der Waals surface area contributed by atoms with Gasteiger partial charge in [-0.3, -0.25) is 0 Å². The summed E-state index contributed by atoms with van der Waals surface area (Å²) in [4.78, 5) is 10.8. The Labute approximate surface area is 107 Å².